The molecule has 2 aromatic carbocycles. The topological polar surface area (TPSA) is 173 Å². The second-order valence-electron chi connectivity index (χ2n) is 10.7. The zero-order valence-corrected chi connectivity index (χ0v) is 24.9. The molecule has 5 rings (SSSR count). The summed E-state index contributed by atoms with van der Waals surface area (Å²) >= 11 is 0. The third-order valence-corrected chi connectivity index (χ3v) is 8.08. The number of alkyl halides is 1. The van der Waals surface area contributed by atoms with Crippen molar-refractivity contribution >= 4 is 47.4 Å². The van der Waals surface area contributed by atoms with Gasteiger partial charge in [0.1, 0.15) is 17.7 Å². The number of hydrogen-bond donors (Lipinski definition) is 2. The van der Waals surface area contributed by atoms with Gasteiger partial charge in [0, 0.05) is 11.8 Å². The number of carbonyl (C=O) groups excluding carboxylic acids is 1. The van der Waals surface area contributed by atoms with Crippen molar-refractivity contribution < 1.29 is 32.3 Å². The summed E-state index contributed by atoms with van der Waals surface area (Å²) < 4.78 is 54.1. The number of esters is 1. The lowest BCUT2D eigenvalue weighted by atomic mass is 10.0. The van der Waals surface area contributed by atoms with E-state index in [0.717, 1.165) is 11.3 Å². The highest BCUT2D eigenvalue weighted by Gasteiger charge is 2.48. The maximum Gasteiger partial charge on any atom is 0.421 e. The van der Waals surface area contributed by atoms with Crippen LogP contribution in [0.15, 0.2) is 58.6 Å². The minimum atomic E-state index is -4.20. The number of ether oxygens (including phenoxy) is 2. The fourth-order valence-corrected chi connectivity index (χ4v) is 6.08. The van der Waals surface area contributed by atoms with E-state index in [1.807, 2.05) is 24.3 Å². The summed E-state index contributed by atoms with van der Waals surface area (Å²) in [6.45, 7) is 5.88. The Bertz CT molecular complexity index is 1780. The summed E-state index contributed by atoms with van der Waals surface area (Å²) in [6, 6.07) is 11.6. The number of aliphatic imine (C=N–C) groups is 1. The van der Waals surface area contributed by atoms with Gasteiger partial charge in [-0.3, -0.25) is 23.9 Å². The van der Waals surface area contributed by atoms with Gasteiger partial charge in [0.2, 0.25) is 5.95 Å². The molecule has 1 aliphatic rings. The number of benzene rings is 2. The largest absolute Gasteiger partial charge is 0.461 e. The molecule has 1 aliphatic heterocycles. The number of aromatic amines is 1. The van der Waals surface area contributed by atoms with Gasteiger partial charge < -0.3 is 19.7 Å². The minimum absolute atomic E-state index is 0.0254. The van der Waals surface area contributed by atoms with Gasteiger partial charge in [0.05, 0.1) is 25.1 Å². The Morgan fingerprint density at radius 2 is 2.05 bits per heavy atom. The first kappa shape index (κ1) is 30.3. The van der Waals surface area contributed by atoms with Crippen molar-refractivity contribution in [2.75, 3.05) is 12.3 Å². The molecule has 0 spiro atoms. The van der Waals surface area contributed by atoms with Crippen LogP contribution in [0.4, 0.5) is 10.3 Å². The lowest BCUT2D eigenvalue weighted by Crippen LogP contribution is -2.27. The summed E-state index contributed by atoms with van der Waals surface area (Å²) in [4.78, 5) is 39.1. The molecular formula is C28H32FN6O7P. The number of H-pyrrole nitrogens is 1. The standard InChI is InChI=1S/C28H32FN6O7P/c1-16(2)40-25(37)17(3)32-15-43(38,42-21-11-7-9-18-8-5-6-10-20(18)21)39-13-19-12-28(4,29)26(41-19)35-14-31-22-23(35)33-27(30)34-24(22)36/h5-11,14-17,19,26H,12-13H2,1-4H3,(H3,30,33,34,36)/t17-,19?,26?,28?,43?/m0/s1. The van der Waals surface area contributed by atoms with Crippen molar-refractivity contribution in [2.45, 2.75) is 64.3 Å². The van der Waals surface area contributed by atoms with Crippen molar-refractivity contribution in [3.8, 4) is 5.75 Å². The van der Waals surface area contributed by atoms with Crippen LogP contribution in [0.2, 0.25) is 0 Å². The Balaban J connectivity index is 1.39. The third-order valence-electron chi connectivity index (χ3n) is 6.71. The Kier molecular flexibility index (Phi) is 8.37. The third kappa shape index (κ3) is 6.61. The van der Waals surface area contributed by atoms with Crippen LogP contribution in [0.1, 0.15) is 40.3 Å². The quantitative estimate of drug-likeness (QED) is 0.147. The summed E-state index contributed by atoms with van der Waals surface area (Å²) in [6.07, 6.45) is -1.40. The molecule has 0 bridgehead atoms. The van der Waals surface area contributed by atoms with Crippen LogP contribution in [-0.4, -0.2) is 62.0 Å². The summed E-state index contributed by atoms with van der Waals surface area (Å²) in [7, 11) is -4.20. The van der Waals surface area contributed by atoms with E-state index in [1.165, 1.54) is 24.7 Å². The van der Waals surface area contributed by atoms with Crippen LogP contribution >= 0.6 is 7.60 Å². The lowest BCUT2D eigenvalue weighted by molar-refractivity contribution is -0.148. The van der Waals surface area contributed by atoms with Crippen molar-refractivity contribution in [1.82, 2.24) is 19.5 Å². The molecule has 228 valence electrons. The summed E-state index contributed by atoms with van der Waals surface area (Å²) in [5, 5.41) is 1.52. The molecule has 0 saturated carbocycles. The predicted octanol–water partition coefficient (Wildman–Crippen LogP) is 4.53. The van der Waals surface area contributed by atoms with Crippen LogP contribution in [0.3, 0.4) is 0 Å². The molecule has 1 saturated heterocycles. The highest BCUT2D eigenvalue weighted by molar-refractivity contribution is 7.70. The molecule has 0 amide bonds. The van der Waals surface area contributed by atoms with Crippen molar-refractivity contribution in [1.29, 1.82) is 0 Å². The Morgan fingerprint density at radius 3 is 2.81 bits per heavy atom. The molecular weight excluding hydrogens is 582 g/mol. The Morgan fingerprint density at radius 1 is 1.30 bits per heavy atom. The predicted molar refractivity (Wildman–Crippen MR) is 158 cm³/mol. The molecule has 2 aromatic heterocycles. The smallest absolute Gasteiger partial charge is 0.421 e. The number of fused-ring (bicyclic) bond motifs is 2. The van der Waals surface area contributed by atoms with E-state index >= 15 is 4.39 Å². The van der Waals surface area contributed by atoms with Crippen LogP contribution in [0.5, 0.6) is 5.75 Å². The zero-order valence-electron chi connectivity index (χ0n) is 24.0. The highest BCUT2D eigenvalue weighted by Crippen LogP contribution is 2.49. The van der Waals surface area contributed by atoms with E-state index in [0.29, 0.717) is 5.39 Å². The average molecular weight is 615 g/mol. The highest BCUT2D eigenvalue weighted by atomic mass is 31.2. The molecule has 43 heavy (non-hydrogen) atoms. The first-order chi connectivity index (χ1) is 20.3. The van der Waals surface area contributed by atoms with Gasteiger partial charge in [0.25, 0.3) is 5.56 Å². The molecule has 15 heteroatoms. The molecule has 4 unspecified atom stereocenters. The lowest BCUT2D eigenvalue weighted by Gasteiger charge is -2.22. The number of carbonyl (C=O) groups is 1. The van der Waals surface area contributed by atoms with Gasteiger partial charge in [-0.1, -0.05) is 36.4 Å². The number of aromatic nitrogens is 4. The number of nitrogens with one attached hydrogen (secondary N) is 1. The van der Waals surface area contributed by atoms with Gasteiger partial charge in [-0.05, 0) is 39.1 Å². The number of hydrogen-bond acceptors (Lipinski definition) is 11. The van der Waals surface area contributed by atoms with Gasteiger partial charge >= 0.3 is 13.6 Å². The number of rotatable bonds is 10. The molecule has 0 radical (unpaired) electrons. The molecule has 5 atom stereocenters. The minimum Gasteiger partial charge on any atom is -0.461 e. The zero-order chi connectivity index (χ0) is 30.9. The van der Waals surface area contributed by atoms with Gasteiger partial charge in [-0.25, -0.2) is 18.7 Å². The van der Waals surface area contributed by atoms with E-state index in [4.69, 9.17) is 24.3 Å². The molecule has 3 heterocycles. The first-order valence-corrected chi connectivity index (χ1v) is 15.2. The van der Waals surface area contributed by atoms with E-state index in [1.54, 1.807) is 32.0 Å². The maximum absolute atomic E-state index is 15.9. The van der Waals surface area contributed by atoms with Gasteiger partial charge in [-0.2, -0.15) is 4.98 Å². The van der Waals surface area contributed by atoms with Gasteiger partial charge in [-0.15, -0.1) is 0 Å². The van der Waals surface area contributed by atoms with Crippen LogP contribution < -0.4 is 15.8 Å². The van der Waals surface area contributed by atoms with Crippen LogP contribution in [0, 0.1) is 0 Å². The van der Waals surface area contributed by atoms with Crippen molar-refractivity contribution in [2.24, 2.45) is 4.99 Å². The number of nitrogens with zero attached hydrogens (tertiary/aromatic N) is 4. The number of nitrogens with two attached hydrogens (primary N) is 1. The van der Waals surface area contributed by atoms with Crippen LogP contribution in [0.25, 0.3) is 21.9 Å². The monoisotopic (exact) mass is 614 g/mol. The average Bonchev–Trinajstić information content (AvgIpc) is 3.50. The van der Waals surface area contributed by atoms with Crippen molar-refractivity contribution in [3.63, 3.8) is 0 Å². The number of halogens is 1. The fraction of sp³-hybridized carbons (Fsp3) is 0.393. The summed E-state index contributed by atoms with van der Waals surface area (Å²) in [5.41, 5.74) is 3.18. The van der Waals surface area contributed by atoms with Crippen molar-refractivity contribution in [3.05, 3.63) is 59.1 Å². The van der Waals surface area contributed by atoms with E-state index in [2.05, 4.69) is 19.9 Å². The normalized spacial score (nSPS) is 22.7. The number of nitrogen functional groups attached to an aromatic ring is 1. The summed E-state index contributed by atoms with van der Waals surface area (Å²) in [5.74, 6) is 0.461. The number of imidazole rings is 1. The molecule has 4 aromatic rings. The van der Waals surface area contributed by atoms with Crippen LogP contribution in [-0.2, 0) is 23.4 Å². The SMILES string of the molecule is CC(C)OC(=O)[C@H](C)N=CP(=O)(OCC1CC(C)(F)C(n2cnc3c(=O)[nH]c(N)nc32)O1)Oc1cccc2ccccc12. The molecule has 3 N–H and O–H groups in total. The second-order valence-corrected chi connectivity index (χ2v) is 12.4. The number of anilines is 1. The van der Waals surface area contributed by atoms with E-state index in [-0.39, 0.29) is 42.0 Å². The first-order valence-electron chi connectivity index (χ1n) is 13.6. The molecule has 13 nitrogen and oxygen atoms in total. The fourth-order valence-electron chi connectivity index (χ4n) is 4.74. The molecule has 0 aliphatic carbocycles. The Hall–Kier alpha value is -4.13. The van der Waals surface area contributed by atoms with E-state index < -0.39 is 43.2 Å². The second kappa shape index (κ2) is 11.9. The maximum atomic E-state index is 15.9. The van der Waals surface area contributed by atoms with Gasteiger partial charge in [0.15, 0.2) is 23.1 Å². The molecule has 1 fully saturated rings. The Labute approximate surface area is 245 Å². The van der Waals surface area contributed by atoms with E-state index in [9.17, 15) is 14.2 Å².